The van der Waals surface area contributed by atoms with E-state index >= 15 is 0 Å². The van der Waals surface area contributed by atoms with Gasteiger partial charge in [-0.05, 0) is 26.2 Å². The van der Waals surface area contributed by atoms with E-state index in [1.807, 2.05) is 0 Å². The van der Waals surface area contributed by atoms with Crippen LogP contribution in [0.2, 0.25) is 0 Å². The highest BCUT2D eigenvalue weighted by Gasteiger charge is 2.27. The van der Waals surface area contributed by atoms with Crippen molar-refractivity contribution in [1.82, 2.24) is 18.8 Å². The molecule has 1 atom stereocenters. The van der Waals surface area contributed by atoms with Gasteiger partial charge in [0.05, 0.1) is 30.0 Å². The van der Waals surface area contributed by atoms with E-state index in [0.717, 1.165) is 6.42 Å². The number of nitrogens with one attached hydrogen (secondary N) is 1. The van der Waals surface area contributed by atoms with Crippen LogP contribution in [0.4, 0.5) is 11.6 Å². The van der Waals surface area contributed by atoms with Crippen molar-refractivity contribution >= 4 is 32.7 Å². The molecule has 0 unspecified atom stereocenters. The highest BCUT2D eigenvalue weighted by Crippen LogP contribution is 2.27. The SMILES string of the molecule is Cc1c(N)c2cnc(NC3CCN(S(C)(=O)=O)CC3)nc2n([C@@H]2CCOC2)c1=O. The molecule has 3 N–H and O–H groups in total. The number of sulfonamides is 1. The summed E-state index contributed by atoms with van der Waals surface area (Å²) in [6.07, 6.45) is 4.94. The zero-order valence-electron chi connectivity index (χ0n) is 16.6. The van der Waals surface area contributed by atoms with Crippen LogP contribution < -0.4 is 16.6 Å². The molecule has 0 saturated carbocycles. The van der Waals surface area contributed by atoms with Crippen molar-refractivity contribution in [1.29, 1.82) is 0 Å². The second-order valence-electron chi connectivity index (χ2n) is 7.74. The molecular formula is C18H26N6O4S. The van der Waals surface area contributed by atoms with Gasteiger partial charge in [0.2, 0.25) is 16.0 Å². The topological polar surface area (TPSA) is 132 Å². The van der Waals surface area contributed by atoms with Crippen molar-refractivity contribution in [2.75, 3.05) is 43.6 Å². The zero-order valence-corrected chi connectivity index (χ0v) is 17.4. The predicted molar refractivity (Wildman–Crippen MR) is 110 cm³/mol. The number of nitrogens with zero attached hydrogens (tertiary/aromatic N) is 4. The molecule has 2 aliphatic rings. The average molecular weight is 423 g/mol. The van der Waals surface area contributed by atoms with Crippen LogP contribution in [0.1, 0.15) is 30.9 Å². The molecule has 0 bridgehead atoms. The van der Waals surface area contributed by atoms with Crippen LogP contribution >= 0.6 is 0 Å². The van der Waals surface area contributed by atoms with Gasteiger partial charge < -0.3 is 15.8 Å². The minimum absolute atomic E-state index is 0.0585. The second-order valence-corrected chi connectivity index (χ2v) is 9.73. The number of fused-ring (bicyclic) bond motifs is 1. The Kier molecular flexibility index (Phi) is 5.21. The molecule has 0 amide bonds. The monoisotopic (exact) mass is 422 g/mol. The largest absolute Gasteiger partial charge is 0.398 e. The van der Waals surface area contributed by atoms with E-state index in [1.165, 1.54) is 10.6 Å². The van der Waals surface area contributed by atoms with Crippen LogP contribution in [0.25, 0.3) is 11.0 Å². The Morgan fingerprint density at radius 3 is 2.62 bits per heavy atom. The first-order valence-electron chi connectivity index (χ1n) is 9.72. The molecule has 4 rings (SSSR count). The van der Waals surface area contributed by atoms with E-state index < -0.39 is 10.0 Å². The highest BCUT2D eigenvalue weighted by atomic mass is 32.2. The molecule has 2 aromatic rings. The molecule has 2 fully saturated rings. The van der Waals surface area contributed by atoms with Gasteiger partial charge in [0.25, 0.3) is 5.56 Å². The third-order valence-corrected chi connectivity index (χ3v) is 7.06. The van der Waals surface area contributed by atoms with Gasteiger partial charge in [-0.2, -0.15) is 4.98 Å². The van der Waals surface area contributed by atoms with E-state index in [0.29, 0.717) is 67.4 Å². The zero-order chi connectivity index (χ0) is 20.8. The van der Waals surface area contributed by atoms with Crippen molar-refractivity contribution in [3.05, 3.63) is 22.1 Å². The quantitative estimate of drug-likeness (QED) is 0.727. The summed E-state index contributed by atoms with van der Waals surface area (Å²) in [4.78, 5) is 21.9. The summed E-state index contributed by atoms with van der Waals surface area (Å²) < 4.78 is 32.0. The van der Waals surface area contributed by atoms with E-state index in [9.17, 15) is 13.2 Å². The minimum Gasteiger partial charge on any atom is -0.398 e. The van der Waals surface area contributed by atoms with Gasteiger partial charge in [-0.25, -0.2) is 17.7 Å². The molecule has 11 heteroatoms. The third kappa shape index (κ3) is 3.81. The fourth-order valence-corrected chi connectivity index (χ4v) is 4.86. The number of pyridine rings is 1. The number of ether oxygens (including phenoxy) is 1. The Hall–Kier alpha value is -2.24. The van der Waals surface area contributed by atoms with E-state index in [4.69, 9.17) is 10.5 Å². The molecule has 2 saturated heterocycles. The maximum absolute atomic E-state index is 12.9. The Balaban J connectivity index is 1.65. The lowest BCUT2D eigenvalue weighted by molar-refractivity contribution is 0.186. The van der Waals surface area contributed by atoms with E-state index in [2.05, 4.69) is 15.3 Å². The molecule has 10 nitrogen and oxygen atoms in total. The molecule has 29 heavy (non-hydrogen) atoms. The maximum Gasteiger partial charge on any atom is 0.257 e. The van der Waals surface area contributed by atoms with Gasteiger partial charge in [0, 0.05) is 37.5 Å². The number of nitrogens with two attached hydrogens (primary N) is 1. The first-order chi connectivity index (χ1) is 13.8. The summed E-state index contributed by atoms with van der Waals surface area (Å²) in [5.41, 5.74) is 7.40. The molecule has 0 radical (unpaired) electrons. The smallest absolute Gasteiger partial charge is 0.257 e. The number of rotatable bonds is 4. The molecule has 0 aromatic carbocycles. The van der Waals surface area contributed by atoms with Crippen LogP contribution in [0.3, 0.4) is 0 Å². The molecule has 2 aromatic heterocycles. The lowest BCUT2D eigenvalue weighted by atomic mass is 10.1. The van der Waals surface area contributed by atoms with Crippen LogP contribution in [-0.4, -0.2) is 65.9 Å². The number of aromatic nitrogens is 3. The summed E-state index contributed by atoms with van der Waals surface area (Å²) in [6.45, 7) is 3.71. The summed E-state index contributed by atoms with van der Waals surface area (Å²) in [5.74, 6) is 0.408. The number of anilines is 2. The fourth-order valence-electron chi connectivity index (χ4n) is 3.99. The van der Waals surface area contributed by atoms with Crippen molar-refractivity contribution in [2.45, 2.75) is 38.3 Å². The number of piperidine rings is 1. The van der Waals surface area contributed by atoms with Gasteiger partial charge >= 0.3 is 0 Å². The normalized spacial score (nSPS) is 21.7. The fraction of sp³-hybridized carbons (Fsp3) is 0.611. The first kappa shape index (κ1) is 20.0. The first-order valence-corrected chi connectivity index (χ1v) is 11.6. The van der Waals surface area contributed by atoms with Crippen LogP contribution in [-0.2, 0) is 14.8 Å². The Morgan fingerprint density at radius 1 is 1.28 bits per heavy atom. The molecule has 2 aliphatic heterocycles. The molecule has 158 valence electrons. The molecule has 4 heterocycles. The van der Waals surface area contributed by atoms with Gasteiger partial charge in [-0.3, -0.25) is 9.36 Å². The Bertz CT molecular complexity index is 1090. The van der Waals surface area contributed by atoms with Crippen molar-refractivity contribution in [2.24, 2.45) is 0 Å². The van der Waals surface area contributed by atoms with Gasteiger partial charge in [0.1, 0.15) is 0 Å². The molecule has 0 spiro atoms. The Morgan fingerprint density at radius 2 is 2.00 bits per heavy atom. The maximum atomic E-state index is 12.9. The predicted octanol–water partition coefficient (Wildman–Crippen LogP) is 0.479. The number of nitrogen functional groups attached to an aromatic ring is 1. The van der Waals surface area contributed by atoms with Crippen molar-refractivity contribution in [3.8, 4) is 0 Å². The number of hydrogen-bond donors (Lipinski definition) is 2. The average Bonchev–Trinajstić information content (AvgIpc) is 3.20. The van der Waals surface area contributed by atoms with Crippen LogP contribution in [0, 0.1) is 6.92 Å². The standard InChI is InChI=1S/C18H26N6O4S/c1-11-15(19)14-9-20-18(21-12-3-6-23(7-4-12)29(2,26)27)22-16(14)24(17(11)25)13-5-8-28-10-13/h9,12-13H,3-8,10,19H2,1-2H3,(H,20,21,22)/t13-/m1/s1. The third-order valence-electron chi connectivity index (χ3n) is 5.76. The van der Waals surface area contributed by atoms with E-state index in [-0.39, 0.29) is 17.6 Å². The second kappa shape index (κ2) is 7.54. The Labute approximate surface area is 169 Å². The summed E-state index contributed by atoms with van der Waals surface area (Å²) >= 11 is 0. The summed E-state index contributed by atoms with van der Waals surface area (Å²) in [6, 6.07) is -0.0201. The van der Waals surface area contributed by atoms with Crippen LogP contribution in [0.15, 0.2) is 11.0 Å². The molecule has 0 aliphatic carbocycles. The van der Waals surface area contributed by atoms with Gasteiger partial charge in [-0.15, -0.1) is 0 Å². The highest BCUT2D eigenvalue weighted by molar-refractivity contribution is 7.88. The summed E-state index contributed by atoms with van der Waals surface area (Å²) in [7, 11) is -3.17. The number of hydrogen-bond acceptors (Lipinski definition) is 8. The lowest BCUT2D eigenvalue weighted by Crippen LogP contribution is -2.42. The molecular weight excluding hydrogens is 396 g/mol. The van der Waals surface area contributed by atoms with Gasteiger partial charge in [0.15, 0.2) is 5.65 Å². The summed E-state index contributed by atoms with van der Waals surface area (Å²) in [5, 5.41) is 3.93. The lowest BCUT2D eigenvalue weighted by Gasteiger charge is -2.30. The van der Waals surface area contributed by atoms with Gasteiger partial charge in [-0.1, -0.05) is 0 Å². The minimum atomic E-state index is -3.17. The van der Waals surface area contributed by atoms with Crippen molar-refractivity contribution in [3.63, 3.8) is 0 Å². The van der Waals surface area contributed by atoms with E-state index in [1.54, 1.807) is 17.7 Å². The van der Waals surface area contributed by atoms with Crippen molar-refractivity contribution < 1.29 is 13.2 Å². The van der Waals surface area contributed by atoms with Crippen LogP contribution in [0.5, 0.6) is 0 Å².